The van der Waals surface area contributed by atoms with Crippen molar-refractivity contribution in [2.24, 2.45) is 51.8 Å². The van der Waals surface area contributed by atoms with E-state index in [1.165, 1.54) is 5.57 Å². The van der Waals surface area contributed by atoms with Gasteiger partial charge in [-0.1, -0.05) is 60.1 Å². The third kappa shape index (κ3) is 3.56. The van der Waals surface area contributed by atoms with E-state index in [1.54, 1.807) is 0 Å². The van der Waals surface area contributed by atoms with Gasteiger partial charge in [0.15, 0.2) is 0 Å². The van der Waals surface area contributed by atoms with Crippen molar-refractivity contribution in [1.82, 2.24) is 0 Å². The van der Waals surface area contributed by atoms with Gasteiger partial charge in [0.1, 0.15) is 5.78 Å². The molecule has 0 aromatic rings. The molecule has 10 atom stereocenters. The molecule has 0 saturated heterocycles. The number of carbonyl (C=O) groups is 1. The Hall–Kier alpha value is -0.670. The van der Waals surface area contributed by atoms with Gasteiger partial charge in [-0.3, -0.25) is 4.79 Å². The maximum atomic E-state index is 14.2. The fraction of sp³-hybridized carbons (Fsp3) is 0.897. The van der Waals surface area contributed by atoms with E-state index in [0.717, 1.165) is 51.4 Å². The summed E-state index contributed by atoms with van der Waals surface area (Å²) in [7, 11) is 0. The van der Waals surface area contributed by atoms with Crippen molar-refractivity contribution in [2.75, 3.05) is 0 Å². The number of aliphatic hydroxyl groups is 2. The molecule has 10 unspecified atom stereocenters. The Morgan fingerprint density at radius 1 is 1.00 bits per heavy atom. The zero-order valence-corrected chi connectivity index (χ0v) is 21.7. The molecule has 32 heavy (non-hydrogen) atoms. The van der Waals surface area contributed by atoms with E-state index in [9.17, 15) is 15.0 Å². The van der Waals surface area contributed by atoms with Crippen molar-refractivity contribution in [3.63, 3.8) is 0 Å². The van der Waals surface area contributed by atoms with Crippen LogP contribution in [-0.4, -0.2) is 28.2 Å². The van der Waals surface area contributed by atoms with Gasteiger partial charge in [0.2, 0.25) is 0 Å². The molecule has 4 rings (SSSR count). The molecule has 0 aromatic heterocycles. The Morgan fingerprint density at radius 2 is 1.66 bits per heavy atom. The van der Waals surface area contributed by atoms with Gasteiger partial charge in [-0.15, -0.1) is 0 Å². The lowest BCUT2D eigenvalue weighted by Crippen LogP contribution is -2.62. The van der Waals surface area contributed by atoms with Crippen LogP contribution in [0.2, 0.25) is 0 Å². The van der Waals surface area contributed by atoms with Gasteiger partial charge in [-0.2, -0.15) is 0 Å². The van der Waals surface area contributed by atoms with Gasteiger partial charge in [0.25, 0.3) is 0 Å². The summed E-state index contributed by atoms with van der Waals surface area (Å²) in [5.74, 6) is 3.22. The molecule has 0 aliphatic heterocycles. The Balaban J connectivity index is 1.61. The van der Waals surface area contributed by atoms with Crippen molar-refractivity contribution >= 4 is 5.78 Å². The van der Waals surface area contributed by atoms with Crippen LogP contribution >= 0.6 is 0 Å². The Labute approximate surface area is 196 Å². The minimum Gasteiger partial charge on any atom is -0.393 e. The monoisotopic (exact) mass is 444 g/mol. The highest BCUT2D eigenvalue weighted by molar-refractivity contribution is 5.91. The number of aliphatic hydroxyl groups excluding tert-OH is 2. The van der Waals surface area contributed by atoms with E-state index in [1.807, 2.05) is 0 Å². The lowest BCUT2D eigenvalue weighted by atomic mass is 9.42. The second-order valence-electron chi connectivity index (χ2n) is 13.4. The fourth-order valence-electron chi connectivity index (χ4n) is 8.72. The van der Waals surface area contributed by atoms with Crippen LogP contribution in [0.15, 0.2) is 11.6 Å². The van der Waals surface area contributed by atoms with E-state index in [2.05, 4.69) is 54.5 Å². The van der Waals surface area contributed by atoms with E-state index in [0.29, 0.717) is 35.4 Å². The summed E-state index contributed by atoms with van der Waals surface area (Å²) < 4.78 is 0. The first kappa shape index (κ1) is 24.5. The van der Waals surface area contributed by atoms with Gasteiger partial charge in [-0.25, -0.2) is 0 Å². The number of allylic oxidation sites excluding steroid dienone is 1. The van der Waals surface area contributed by atoms with Crippen molar-refractivity contribution in [2.45, 2.75) is 112 Å². The Kier molecular flexibility index (Phi) is 6.28. The molecule has 0 amide bonds. The van der Waals surface area contributed by atoms with E-state index < -0.39 is 11.5 Å². The number of carbonyl (C=O) groups excluding carboxylic acids is 1. The Bertz CT molecular complexity index is 770. The SMILES string of the molecule is CC(C)C(C)C(C)CC1(C)C(=O)C2(C)CCC3C(CC=C4CC(O)CCC43C)C2CC1O. The molecule has 3 saturated carbocycles. The van der Waals surface area contributed by atoms with Crippen LogP contribution in [-0.2, 0) is 4.79 Å². The standard InChI is InChI=1S/C29H48O3/c1-17(2)19(4)18(3)16-29(7)25(31)15-24-22-9-8-20-14-21(30)10-12-27(20,5)23(22)11-13-28(24,6)26(29)32/h8,17-19,21-25,30-31H,9-16H2,1-7H3. The highest BCUT2D eigenvalue weighted by atomic mass is 16.3. The summed E-state index contributed by atoms with van der Waals surface area (Å²) in [5.41, 5.74) is 0.686. The van der Waals surface area contributed by atoms with Crippen LogP contribution in [0.1, 0.15) is 99.8 Å². The first-order valence-electron chi connectivity index (χ1n) is 13.4. The predicted molar refractivity (Wildman–Crippen MR) is 130 cm³/mol. The summed E-state index contributed by atoms with van der Waals surface area (Å²) in [5, 5.41) is 21.7. The number of ketones is 1. The maximum Gasteiger partial charge on any atom is 0.147 e. The number of fused-ring (bicyclic) bond motifs is 5. The van der Waals surface area contributed by atoms with Crippen LogP contribution in [0.3, 0.4) is 0 Å². The van der Waals surface area contributed by atoms with E-state index in [4.69, 9.17) is 0 Å². The molecule has 0 spiro atoms. The van der Waals surface area contributed by atoms with Gasteiger partial charge < -0.3 is 10.2 Å². The fourth-order valence-corrected chi connectivity index (χ4v) is 8.72. The second kappa shape index (κ2) is 8.22. The molecule has 3 heteroatoms. The number of hydrogen-bond acceptors (Lipinski definition) is 3. The molecule has 182 valence electrons. The Morgan fingerprint density at radius 3 is 2.31 bits per heavy atom. The van der Waals surface area contributed by atoms with E-state index in [-0.39, 0.29) is 22.9 Å². The average molecular weight is 445 g/mol. The summed E-state index contributed by atoms with van der Waals surface area (Å²) in [4.78, 5) is 14.2. The molecule has 0 radical (unpaired) electrons. The summed E-state index contributed by atoms with van der Waals surface area (Å²) in [6.07, 6.45) is 9.10. The van der Waals surface area contributed by atoms with Crippen LogP contribution in [0.25, 0.3) is 0 Å². The minimum atomic E-state index is -0.630. The van der Waals surface area contributed by atoms with Crippen LogP contribution < -0.4 is 0 Å². The zero-order chi connectivity index (χ0) is 23.6. The molecule has 0 bridgehead atoms. The van der Waals surface area contributed by atoms with Crippen LogP contribution in [0, 0.1) is 51.8 Å². The van der Waals surface area contributed by atoms with Crippen LogP contribution in [0.5, 0.6) is 0 Å². The first-order valence-corrected chi connectivity index (χ1v) is 13.4. The largest absolute Gasteiger partial charge is 0.393 e. The quantitative estimate of drug-likeness (QED) is 0.509. The third-order valence-electron chi connectivity index (χ3n) is 11.4. The number of Topliss-reactive ketones (excluding diaryl/α,β-unsaturated/α-hetero) is 1. The summed E-state index contributed by atoms with van der Waals surface area (Å²) in [6, 6.07) is 0. The highest BCUT2D eigenvalue weighted by Gasteiger charge is 2.63. The van der Waals surface area contributed by atoms with Gasteiger partial charge >= 0.3 is 0 Å². The predicted octanol–water partition coefficient (Wildman–Crippen LogP) is 6.17. The van der Waals surface area contributed by atoms with Crippen molar-refractivity contribution in [3.8, 4) is 0 Å². The number of hydrogen-bond donors (Lipinski definition) is 2. The first-order chi connectivity index (χ1) is 14.8. The summed E-state index contributed by atoms with van der Waals surface area (Å²) >= 11 is 0. The average Bonchev–Trinajstić information content (AvgIpc) is 2.73. The normalized spacial score (nSPS) is 48.4. The third-order valence-corrected chi connectivity index (χ3v) is 11.4. The topological polar surface area (TPSA) is 57.5 Å². The molecular weight excluding hydrogens is 396 g/mol. The maximum absolute atomic E-state index is 14.2. The van der Waals surface area contributed by atoms with Gasteiger partial charge in [0.05, 0.1) is 17.6 Å². The second-order valence-corrected chi connectivity index (χ2v) is 13.4. The van der Waals surface area contributed by atoms with Gasteiger partial charge in [-0.05, 0) is 92.3 Å². The molecule has 4 aliphatic rings. The lowest BCUT2D eigenvalue weighted by molar-refractivity contribution is -0.176. The molecule has 0 heterocycles. The molecule has 0 aromatic carbocycles. The molecular formula is C29H48O3. The molecule has 3 nitrogen and oxygen atoms in total. The lowest BCUT2D eigenvalue weighted by Gasteiger charge is -2.62. The molecule has 2 N–H and O–H groups in total. The van der Waals surface area contributed by atoms with Crippen molar-refractivity contribution in [1.29, 1.82) is 0 Å². The number of rotatable bonds is 4. The minimum absolute atomic E-state index is 0.166. The van der Waals surface area contributed by atoms with Crippen LogP contribution in [0.4, 0.5) is 0 Å². The van der Waals surface area contributed by atoms with Crippen molar-refractivity contribution < 1.29 is 15.0 Å². The molecule has 3 fully saturated rings. The van der Waals surface area contributed by atoms with Crippen molar-refractivity contribution in [3.05, 3.63) is 11.6 Å². The van der Waals surface area contributed by atoms with E-state index >= 15 is 0 Å². The molecule has 4 aliphatic carbocycles. The zero-order valence-electron chi connectivity index (χ0n) is 21.7. The van der Waals surface area contributed by atoms with Gasteiger partial charge in [0, 0.05) is 5.41 Å². The summed E-state index contributed by atoms with van der Waals surface area (Å²) in [6.45, 7) is 15.8. The smallest absolute Gasteiger partial charge is 0.147 e. The highest BCUT2D eigenvalue weighted by Crippen LogP contribution is 2.65.